The number of likely N-dealkylation sites (tertiary alicyclic amines) is 1. The van der Waals surface area contributed by atoms with Crippen LogP contribution in [0.4, 0.5) is 13.2 Å². The highest BCUT2D eigenvalue weighted by Crippen LogP contribution is 2.33. The topological polar surface area (TPSA) is 23.6 Å². The first-order valence-electron chi connectivity index (χ1n) is 7.11. The molecule has 114 valence electrons. The summed E-state index contributed by atoms with van der Waals surface area (Å²) in [5.41, 5.74) is 1.16. The highest BCUT2D eigenvalue weighted by atomic mass is 19.4. The van der Waals surface area contributed by atoms with Crippen molar-refractivity contribution >= 4 is 5.91 Å². The summed E-state index contributed by atoms with van der Waals surface area (Å²) in [6.45, 7) is 1.10. The highest BCUT2D eigenvalue weighted by Gasteiger charge is 2.48. The molecule has 0 N–H and O–H groups in total. The van der Waals surface area contributed by atoms with Crippen LogP contribution in [-0.2, 0) is 11.3 Å². The molecule has 0 radical (unpaired) electrons. The molecule has 3 nitrogen and oxygen atoms in total. The molecular weight excluding hydrogens is 281 g/mol. The van der Waals surface area contributed by atoms with E-state index in [2.05, 4.69) is 4.90 Å². The lowest BCUT2D eigenvalue weighted by atomic mass is 10.1. The third kappa shape index (κ3) is 2.90. The van der Waals surface area contributed by atoms with Gasteiger partial charge in [0.2, 0.25) is 0 Å². The van der Waals surface area contributed by atoms with E-state index < -0.39 is 12.1 Å². The van der Waals surface area contributed by atoms with Gasteiger partial charge in [0, 0.05) is 31.7 Å². The van der Waals surface area contributed by atoms with Gasteiger partial charge in [0.25, 0.3) is 0 Å². The van der Waals surface area contributed by atoms with Crippen LogP contribution >= 0.6 is 0 Å². The van der Waals surface area contributed by atoms with Gasteiger partial charge in [-0.1, -0.05) is 30.3 Å². The van der Waals surface area contributed by atoms with E-state index in [1.807, 2.05) is 30.3 Å². The monoisotopic (exact) mass is 298 g/mol. The van der Waals surface area contributed by atoms with E-state index in [9.17, 15) is 18.0 Å². The summed E-state index contributed by atoms with van der Waals surface area (Å²) >= 11 is 0. The molecule has 3 rings (SSSR count). The van der Waals surface area contributed by atoms with Gasteiger partial charge in [-0.05, 0) is 18.4 Å². The summed E-state index contributed by atoms with van der Waals surface area (Å²) in [6, 6.07) is 9.98. The van der Waals surface area contributed by atoms with Crippen molar-refractivity contribution in [2.45, 2.75) is 37.6 Å². The summed E-state index contributed by atoms with van der Waals surface area (Å²) in [5, 5.41) is 0. The maximum Gasteiger partial charge on any atom is 0.471 e. The maximum absolute atomic E-state index is 12.5. The predicted octanol–water partition coefficient (Wildman–Crippen LogP) is 2.42. The van der Waals surface area contributed by atoms with Crippen LogP contribution in [0.5, 0.6) is 0 Å². The lowest BCUT2D eigenvalue weighted by molar-refractivity contribution is -0.188. The molecule has 2 saturated heterocycles. The number of fused-ring (bicyclic) bond motifs is 2. The molecule has 2 heterocycles. The largest absolute Gasteiger partial charge is 0.471 e. The minimum atomic E-state index is -4.76. The van der Waals surface area contributed by atoms with E-state index in [1.54, 1.807) is 0 Å². The molecule has 0 saturated carbocycles. The first kappa shape index (κ1) is 14.4. The van der Waals surface area contributed by atoms with Crippen LogP contribution in [0.15, 0.2) is 30.3 Å². The van der Waals surface area contributed by atoms with Crippen molar-refractivity contribution in [3.8, 4) is 0 Å². The van der Waals surface area contributed by atoms with Gasteiger partial charge < -0.3 is 4.90 Å². The minimum Gasteiger partial charge on any atom is -0.332 e. The number of nitrogens with zero attached hydrogens (tertiary/aromatic N) is 2. The number of hydrogen-bond acceptors (Lipinski definition) is 2. The van der Waals surface area contributed by atoms with E-state index in [1.165, 1.54) is 0 Å². The van der Waals surface area contributed by atoms with Crippen molar-refractivity contribution in [1.29, 1.82) is 0 Å². The summed E-state index contributed by atoms with van der Waals surface area (Å²) in [7, 11) is 0. The number of hydrogen-bond donors (Lipinski definition) is 0. The first-order chi connectivity index (χ1) is 9.95. The summed E-state index contributed by atoms with van der Waals surface area (Å²) in [4.78, 5) is 14.6. The Morgan fingerprint density at radius 3 is 2.19 bits per heavy atom. The average molecular weight is 298 g/mol. The molecule has 2 atom stereocenters. The second-order valence-electron chi connectivity index (χ2n) is 5.75. The number of halogens is 3. The number of rotatable bonds is 2. The zero-order chi connectivity index (χ0) is 15.0. The Morgan fingerprint density at radius 2 is 1.67 bits per heavy atom. The van der Waals surface area contributed by atoms with Crippen molar-refractivity contribution in [3.05, 3.63) is 35.9 Å². The number of carbonyl (C=O) groups excluding carboxylic acids is 1. The van der Waals surface area contributed by atoms with Gasteiger partial charge in [-0.15, -0.1) is 0 Å². The molecular formula is C15H17F3N2O. The number of alkyl halides is 3. The summed E-state index contributed by atoms with van der Waals surface area (Å²) in [6.07, 6.45) is -3.04. The summed E-state index contributed by atoms with van der Waals surface area (Å²) in [5.74, 6) is -1.70. The van der Waals surface area contributed by atoms with Crippen LogP contribution in [0.25, 0.3) is 0 Å². The molecule has 1 aromatic carbocycles. The van der Waals surface area contributed by atoms with Crippen LogP contribution in [0.1, 0.15) is 18.4 Å². The Morgan fingerprint density at radius 1 is 1.10 bits per heavy atom. The van der Waals surface area contributed by atoms with Gasteiger partial charge in [-0.3, -0.25) is 9.69 Å². The van der Waals surface area contributed by atoms with Crippen molar-refractivity contribution in [2.24, 2.45) is 0 Å². The molecule has 1 aromatic rings. The van der Waals surface area contributed by atoms with Crippen molar-refractivity contribution in [1.82, 2.24) is 9.80 Å². The molecule has 2 aliphatic heterocycles. The molecule has 2 fully saturated rings. The van der Waals surface area contributed by atoms with E-state index in [0.717, 1.165) is 29.8 Å². The third-order valence-corrected chi connectivity index (χ3v) is 4.37. The molecule has 21 heavy (non-hydrogen) atoms. The lowest BCUT2D eigenvalue weighted by Gasteiger charge is -2.41. The SMILES string of the molecule is O=C(N1C[C@H]2CC[C@@H](C1)N2Cc1ccccc1)C(F)(F)F. The van der Waals surface area contributed by atoms with Crippen LogP contribution in [0.3, 0.4) is 0 Å². The number of benzene rings is 1. The fourth-order valence-electron chi connectivity index (χ4n) is 3.39. The Kier molecular flexibility index (Phi) is 3.65. The third-order valence-electron chi connectivity index (χ3n) is 4.37. The van der Waals surface area contributed by atoms with E-state index in [0.29, 0.717) is 0 Å². The fourth-order valence-corrected chi connectivity index (χ4v) is 3.39. The van der Waals surface area contributed by atoms with Gasteiger partial charge in [0.1, 0.15) is 0 Å². The van der Waals surface area contributed by atoms with Gasteiger partial charge in [-0.2, -0.15) is 13.2 Å². The Balaban J connectivity index is 1.69. The zero-order valence-electron chi connectivity index (χ0n) is 11.5. The fraction of sp³-hybridized carbons (Fsp3) is 0.533. The second-order valence-corrected chi connectivity index (χ2v) is 5.75. The second kappa shape index (κ2) is 5.33. The van der Waals surface area contributed by atoms with Crippen molar-refractivity contribution in [2.75, 3.05) is 13.1 Å². The number of piperazine rings is 1. The van der Waals surface area contributed by atoms with Gasteiger partial charge >= 0.3 is 12.1 Å². The average Bonchev–Trinajstić information content (AvgIpc) is 2.69. The van der Waals surface area contributed by atoms with Crippen molar-refractivity contribution < 1.29 is 18.0 Å². The minimum absolute atomic E-state index is 0.0373. The Labute approximate surface area is 121 Å². The molecule has 0 aliphatic carbocycles. The maximum atomic E-state index is 12.5. The standard InChI is InChI=1S/C15H17F3N2O/c16-15(17,18)14(21)19-9-12-6-7-13(10-19)20(12)8-11-4-2-1-3-5-11/h1-5,12-13H,6-10H2/t12-,13+. The molecule has 2 aliphatic rings. The predicted molar refractivity (Wildman–Crippen MR) is 71.4 cm³/mol. The molecule has 0 spiro atoms. The normalized spacial score (nSPS) is 26.1. The number of amides is 1. The quantitative estimate of drug-likeness (QED) is 0.837. The van der Waals surface area contributed by atoms with Gasteiger partial charge in [-0.25, -0.2) is 0 Å². The van der Waals surface area contributed by atoms with E-state index >= 15 is 0 Å². The van der Waals surface area contributed by atoms with E-state index in [4.69, 9.17) is 0 Å². The van der Waals surface area contributed by atoms with Gasteiger partial charge in [0.05, 0.1) is 0 Å². The molecule has 6 heteroatoms. The smallest absolute Gasteiger partial charge is 0.332 e. The molecule has 2 bridgehead atoms. The van der Waals surface area contributed by atoms with Gasteiger partial charge in [0.15, 0.2) is 0 Å². The van der Waals surface area contributed by atoms with Crippen LogP contribution in [0.2, 0.25) is 0 Å². The summed E-state index contributed by atoms with van der Waals surface area (Å²) < 4.78 is 37.6. The van der Waals surface area contributed by atoms with Crippen LogP contribution < -0.4 is 0 Å². The van der Waals surface area contributed by atoms with Crippen LogP contribution in [0, 0.1) is 0 Å². The Bertz CT molecular complexity index is 503. The molecule has 0 aromatic heterocycles. The molecule has 1 amide bonds. The highest BCUT2D eigenvalue weighted by molar-refractivity contribution is 5.82. The first-order valence-corrected chi connectivity index (χ1v) is 7.11. The molecule has 0 unspecified atom stereocenters. The number of carbonyl (C=O) groups is 1. The Hall–Kier alpha value is -1.56. The van der Waals surface area contributed by atoms with Crippen molar-refractivity contribution in [3.63, 3.8) is 0 Å². The van der Waals surface area contributed by atoms with Crippen LogP contribution in [-0.4, -0.2) is 47.1 Å². The zero-order valence-corrected chi connectivity index (χ0v) is 11.5. The lowest BCUT2D eigenvalue weighted by Crippen LogP contribution is -2.57. The van der Waals surface area contributed by atoms with E-state index in [-0.39, 0.29) is 25.2 Å².